The molecular formula is C63H63F9N20O4. The summed E-state index contributed by atoms with van der Waals surface area (Å²) in [4.78, 5) is 90.1. The van der Waals surface area contributed by atoms with Gasteiger partial charge in [-0.1, -0.05) is 12.1 Å². The van der Waals surface area contributed by atoms with Gasteiger partial charge in [-0.15, -0.1) is 0 Å². The number of anilines is 3. The highest BCUT2D eigenvalue weighted by Gasteiger charge is 2.39. The van der Waals surface area contributed by atoms with E-state index in [1.165, 1.54) is 29.7 Å². The molecule has 0 unspecified atom stereocenters. The Morgan fingerprint density at radius 1 is 0.490 bits per heavy atom. The van der Waals surface area contributed by atoms with Crippen molar-refractivity contribution >= 4 is 35.2 Å². The standard InChI is InChI=1S/C22H22F3N7O.C21H21F3N6O2.C20H20F3N7O/c1-13-6-7-15(20-26-8-4-9-27-20)19(30-13)21(33)32-10-3-5-16(14(32)2)31-18-12-28-17(11-29-18)22(23,24)25;1-12-8-14(19-25-5-7-32-19)18(28-9-12)20(31)30-6-3-4-15(13(30)2)29-17-11-26-16(10-27-17)21(22,23)24;1-13-15(28-18-12-24-17(11-25-18)20(21,22)23)6-4-10-29(13)19(31)14-5-2-3-7-16(14)30-26-8-9-27-30/h4,6-9,11-12,14,16H,3,5,10H2,1-2H3,(H,29,31);5,7-11,13,15H,3-4,6H2,1-2H3,(H,27,29);2-3,5,7-9,11-13,15H,4,6,10H2,1H3,(H,25,28)/t14-,16+;2*13-,15+/m000/s1. The zero-order valence-electron chi connectivity index (χ0n) is 52.1. The molecule has 0 spiro atoms. The second-order valence-corrected chi connectivity index (χ2v) is 22.8. The number of hydrogen-bond acceptors (Lipinski definition) is 20. The van der Waals surface area contributed by atoms with Gasteiger partial charge in [-0.25, -0.2) is 54.8 Å². The molecule has 3 N–H and O–H groups in total. The van der Waals surface area contributed by atoms with Gasteiger partial charge in [0, 0.05) is 80.2 Å². The van der Waals surface area contributed by atoms with Gasteiger partial charge in [-0.05, 0) is 115 Å². The Morgan fingerprint density at radius 2 is 0.958 bits per heavy atom. The first-order valence-corrected chi connectivity index (χ1v) is 30.3. The Morgan fingerprint density at radius 3 is 1.41 bits per heavy atom. The van der Waals surface area contributed by atoms with E-state index in [2.05, 4.69) is 81.0 Å². The Kier molecular flexibility index (Phi) is 20.9. The molecule has 3 fully saturated rings. The third kappa shape index (κ3) is 16.3. The predicted molar refractivity (Wildman–Crippen MR) is 328 cm³/mol. The molecule has 3 aliphatic heterocycles. The minimum absolute atomic E-state index is 0.162. The van der Waals surface area contributed by atoms with Gasteiger partial charge in [0.25, 0.3) is 17.7 Å². The Labute approximate surface area is 542 Å². The van der Waals surface area contributed by atoms with Crippen molar-refractivity contribution in [1.82, 2.24) is 84.5 Å². The first-order chi connectivity index (χ1) is 45.8. The zero-order valence-corrected chi connectivity index (χ0v) is 52.1. The van der Waals surface area contributed by atoms with Crippen LogP contribution in [0.4, 0.5) is 57.0 Å². The van der Waals surface area contributed by atoms with Crippen LogP contribution in [-0.2, 0) is 18.5 Å². The summed E-state index contributed by atoms with van der Waals surface area (Å²) in [5.74, 6) is 0.718. The second-order valence-electron chi connectivity index (χ2n) is 22.8. The van der Waals surface area contributed by atoms with E-state index < -0.39 is 35.6 Å². The molecule has 24 nitrogen and oxygen atoms in total. The number of pyridine rings is 2. The molecule has 33 heteroatoms. The largest absolute Gasteiger partial charge is 0.444 e. The van der Waals surface area contributed by atoms with E-state index in [1.807, 2.05) is 33.8 Å². The van der Waals surface area contributed by atoms with Crippen molar-refractivity contribution in [2.45, 2.75) is 128 Å². The number of halogens is 9. The Bertz CT molecular complexity index is 4080. The van der Waals surface area contributed by atoms with E-state index in [1.54, 1.807) is 82.7 Å². The number of carbonyl (C=O) groups excluding carboxylic acids is 3. The van der Waals surface area contributed by atoms with Crippen LogP contribution in [0, 0.1) is 13.8 Å². The van der Waals surface area contributed by atoms with Crippen molar-refractivity contribution in [3.63, 3.8) is 0 Å². The summed E-state index contributed by atoms with van der Waals surface area (Å²) >= 11 is 0. The zero-order chi connectivity index (χ0) is 68.5. The highest BCUT2D eigenvalue weighted by atomic mass is 19.4. The molecule has 502 valence electrons. The van der Waals surface area contributed by atoms with Crippen LogP contribution in [0.1, 0.15) is 119 Å². The highest BCUT2D eigenvalue weighted by molar-refractivity contribution is 6.00. The Hall–Kier alpha value is -10.6. The van der Waals surface area contributed by atoms with E-state index in [4.69, 9.17) is 4.42 Å². The number of alkyl halides is 9. The maximum absolute atomic E-state index is 13.5. The fraction of sp³-hybridized carbons (Fsp3) is 0.365. The van der Waals surface area contributed by atoms with Crippen molar-refractivity contribution in [1.29, 1.82) is 0 Å². The van der Waals surface area contributed by atoms with Crippen molar-refractivity contribution in [2.24, 2.45) is 0 Å². The van der Waals surface area contributed by atoms with Crippen LogP contribution >= 0.6 is 0 Å². The number of piperidine rings is 3. The molecule has 3 amide bonds. The van der Waals surface area contributed by atoms with E-state index in [-0.39, 0.29) is 82.8 Å². The van der Waals surface area contributed by atoms with Gasteiger partial charge in [0.05, 0.1) is 78.1 Å². The molecule has 3 saturated heterocycles. The summed E-state index contributed by atoms with van der Waals surface area (Å²) in [5, 5.41) is 17.6. The summed E-state index contributed by atoms with van der Waals surface area (Å²) in [7, 11) is 0. The van der Waals surface area contributed by atoms with Crippen LogP contribution < -0.4 is 16.0 Å². The third-order valence-electron chi connectivity index (χ3n) is 16.3. The lowest BCUT2D eigenvalue weighted by molar-refractivity contribution is -0.142. The minimum atomic E-state index is -4.55. The topological polar surface area (TPSA) is 283 Å². The maximum Gasteiger partial charge on any atom is 0.434 e. The van der Waals surface area contributed by atoms with Gasteiger partial charge in [-0.3, -0.25) is 14.4 Å². The fourth-order valence-corrected chi connectivity index (χ4v) is 11.3. The molecule has 0 bridgehead atoms. The monoisotopic (exact) mass is 1330 g/mol. The van der Waals surface area contributed by atoms with Crippen molar-refractivity contribution in [3.8, 4) is 28.5 Å². The number of oxazole rings is 1. The molecule has 9 aromatic rings. The van der Waals surface area contributed by atoms with Gasteiger partial charge < -0.3 is 35.1 Å². The third-order valence-corrected chi connectivity index (χ3v) is 16.3. The van der Waals surface area contributed by atoms with Gasteiger partial charge in [0.2, 0.25) is 5.89 Å². The lowest BCUT2D eigenvalue weighted by Crippen LogP contribution is -2.52. The van der Waals surface area contributed by atoms with Crippen molar-refractivity contribution in [2.75, 3.05) is 35.6 Å². The summed E-state index contributed by atoms with van der Waals surface area (Å²) in [6, 6.07) is 12.8. The molecule has 11 heterocycles. The smallest absolute Gasteiger partial charge is 0.434 e. The summed E-state index contributed by atoms with van der Waals surface area (Å²) in [5.41, 5.74) is 1.01. The first-order valence-electron chi connectivity index (χ1n) is 30.3. The maximum atomic E-state index is 13.5. The summed E-state index contributed by atoms with van der Waals surface area (Å²) in [6.07, 6.45) is 6.82. The number of hydrogen-bond donors (Lipinski definition) is 3. The van der Waals surface area contributed by atoms with Crippen LogP contribution in [0.5, 0.6) is 0 Å². The van der Waals surface area contributed by atoms with Crippen LogP contribution in [0.25, 0.3) is 28.5 Å². The second kappa shape index (κ2) is 29.3. The number of nitrogens with one attached hydrogen (secondary N) is 3. The number of para-hydroxylation sites is 1. The van der Waals surface area contributed by atoms with Gasteiger partial charge in [-0.2, -0.15) is 54.5 Å². The SMILES string of the molecule is C[C@H]1[C@H](Nc2cnc(C(F)(F)F)cn2)CCCN1C(=O)c1ccccc1-n1nccn1.Cc1ccc(-c2ncccn2)c(C(=O)N2CCC[C@@H](Nc3cnc(C(F)(F)F)cn3)[C@@H]2C)n1.Cc1cnc(C(=O)N2CCC[C@@H](Nc3cnc(C(F)(F)F)cn3)[C@@H]2C)c(-c2ncco2)c1. The molecule has 6 atom stereocenters. The number of amides is 3. The minimum Gasteiger partial charge on any atom is -0.444 e. The quantitative estimate of drug-likeness (QED) is 0.0958. The normalized spacial score (nSPS) is 19.0. The molecular weight excluding hydrogens is 1270 g/mol. The molecule has 0 saturated carbocycles. The highest BCUT2D eigenvalue weighted by Crippen LogP contribution is 2.33. The van der Waals surface area contributed by atoms with Crippen LogP contribution in [-0.4, -0.2) is 158 Å². The van der Waals surface area contributed by atoms with E-state index in [9.17, 15) is 53.9 Å². The van der Waals surface area contributed by atoms with Gasteiger partial charge in [0.1, 0.15) is 35.1 Å². The van der Waals surface area contributed by atoms with Crippen molar-refractivity contribution in [3.05, 3.63) is 174 Å². The van der Waals surface area contributed by atoms with Crippen LogP contribution in [0.3, 0.4) is 0 Å². The summed E-state index contributed by atoms with van der Waals surface area (Å²) in [6.45, 7) is 11.0. The van der Waals surface area contributed by atoms with Crippen LogP contribution in [0.2, 0.25) is 0 Å². The molecule has 8 aromatic heterocycles. The lowest BCUT2D eigenvalue weighted by atomic mass is 9.96. The molecule has 1 aromatic carbocycles. The predicted octanol–water partition coefficient (Wildman–Crippen LogP) is 10.9. The number of nitrogens with zero attached hydrogens (tertiary/aromatic N) is 17. The average Bonchev–Trinajstić information content (AvgIpc) is 1.14. The number of aryl methyl sites for hydroxylation is 2. The number of aromatic nitrogens is 14. The van der Waals surface area contributed by atoms with E-state index in [0.29, 0.717) is 90.9 Å². The molecule has 96 heavy (non-hydrogen) atoms. The molecule has 0 aliphatic carbocycles. The van der Waals surface area contributed by atoms with E-state index >= 15 is 0 Å². The van der Waals surface area contributed by atoms with Gasteiger partial charge >= 0.3 is 18.5 Å². The Balaban J connectivity index is 0.000000157. The first kappa shape index (κ1) is 68.2. The fourth-order valence-electron chi connectivity index (χ4n) is 11.3. The average molecular weight is 1340 g/mol. The lowest BCUT2D eigenvalue weighted by Gasteiger charge is -2.40. The molecule has 0 radical (unpaired) electrons. The number of benzene rings is 1. The number of carbonyl (C=O) groups is 3. The number of rotatable bonds is 12. The summed E-state index contributed by atoms with van der Waals surface area (Å²) < 4.78 is 120. The van der Waals surface area contributed by atoms with Crippen LogP contribution in [0.15, 0.2) is 134 Å². The number of likely N-dealkylation sites (tertiary alicyclic amines) is 3. The van der Waals surface area contributed by atoms with Crippen molar-refractivity contribution < 1.29 is 58.3 Å². The van der Waals surface area contributed by atoms with E-state index in [0.717, 1.165) is 49.8 Å². The van der Waals surface area contributed by atoms with Gasteiger partial charge in [0.15, 0.2) is 22.9 Å². The molecule has 3 aliphatic rings. The molecule has 12 rings (SSSR count).